The number of carbonyl (C=O) groups is 1. The van der Waals surface area contributed by atoms with Crippen molar-refractivity contribution < 1.29 is 13.9 Å². The molecule has 0 fully saturated rings. The quantitative estimate of drug-likeness (QED) is 0.762. The summed E-state index contributed by atoms with van der Waals surface area (Å²) in [6.07, 6.45) is 1.66. The van der Waals surface area contributed by atoms with Gasteiger partial charge in [-0.25, -0.2) is 4.98 Å². The average molecular weight is 337 g/mol. The summed E-state index contributed by atoms with van der Waals surface area (Å²) in [5.74, 6) is 0.680. The van der Waals surface area contributed by atoms with E-state index in [2.05, 4.69) is 29.0 Å². The summed E-state index contributed by atoms with van der Waals surface area (Å²) in [7, 11) is 1.61. The second kappa shape index (κ2) is 8.81. The molecule has 0 bridgehead atoms. The van der Waals surface area contributed by atoms with Gasteiger partial charge >= 0.3 is 0 Å². The van der Waals surface area contributed by atoms with E-state index in [1.165, 1.54) is 11.3 Å². The van der Waals surface area contributed by atoms with Gasteiger partial charge in [-0.3, -0.25) is 9.69 Å². The summed E-state index contributed by atoms with van der Waals surface area (Å²) < 4.78 is 10.6. The highest BCUT2D eigenvalue weighted by Gasteiger charge is 2.22. The van der Waals surface area contributed by atoms with Gasteiger partial charge in [0.05, 0.1) is 18.9 Å². The molecule has 0 aromatic carbocycles. The van der Waals surface area contributed by atoms with Crippen LogP contribution in [0.25, 0.3) is 0 Å². The van der Waals surface area contributed by atoms with Gasteiger partial charge in [0.1, 0.15) is 16.5 Å². The Balaban J connectivity index is 2.01. The number of furan rings is 1. The first-order valence-electron chi connectivity index (χ1n) is 7.68. The molecule has 2 heterocycles. The van der Waals surface area contributed by atoms with Gasteiger partial charge in [-0.05, 0) is 25.2 Å². The monoisotopic (exact) mass is 337 g/mol. The third-order valence-electron chi connectivity index (χ3n) is 3.63. The van der Waals surface area contributed by atoms with Crippen LogP contribution in [0.1, 0.15) is 41.1 Å². The van der Waals surface area contributed by atoms with Gasteiger partial charge in [-0.1, -0.05) is 13.8 Å². The van der Waals surface area contributed by atoms with Crippen molar-refractivity contribution in [1.82, 2.24) is 15.2 Å². The number of rotatable bonds is 9. The molecule has 0 radical (unpaired) electrons. The molecule has 0 spiro atoms. The van der Waals surface area contributed by atoms with E-state index in [1.807, 2.05) is 12.1 Å². The van der Waals surface area contributed by atoms with Crippen molar-refractivity contribution in [2.75, 3.05) is 26.7 Å². The third kappa shape index (κ3) is 4.63. The van der Waals surface area contributed by atoms with Crippen molar-refractivity contribution in [3.63, 3.8) is 0 Å². The second-order valence-electron chi connectivity index (χ2n) is 5.02. The molecule has 2 aromatic rings. The first-order valence-corrected chi connectivity index (χ1v) is 8.56. The Bertz CT molecular complexity index is 593. The molecule has 2 aromatic heterocycles. The first kappa shape index (κ1) is 17.7. The zero-order valence-corrected chi connectivity index (χ0v) is 14.6. The van der Waals surface area contributed by atoms with E-state index in [4.69, 9.17) is 9.15 Å². The SMILES string of the molecule is CCN(CC)[C@@H](CNC(=O)c1csc(COC)n1)c1ccco1. The van der Waals surface area contributed by atoms with Crippen LogP contribution in [0.4, 0.5) is 0 Å². The molecule has 1 N–H and O–H groups in total. The molecule has 126 valence electrons. The van der Waals surface area contributed by atoms with Gasteiger partial charge in [0.25, 0.3) is 5.91 Å². The van der Waals surface area contributed by atoms with Crippen molar-refractivity contribution in [2.45, 2.75) is 26.5 Å². The van der Waals surface area contributed by atoms with Crippen molar-refractivity contribution in [3.05, 3.63) is 40.2 Å². The molecule has 1 atom stereocenters. The number of aromatic nitrogens is 1. The fraction of sp³-hybridized carbons (Fsp3) is 0.500. The fourth-order valence-electron chi connectivity index (χ4n) is 2.44. The maximum atomic E-state index is 12.3. The van der Waals surface area contributed by atoms with E-state index in [0.717, 1.165) is 23.9 Å². The second-order valence-corrected chi connectivity index (χ2v) is 5.96. The molecule has 0 saturated carbocycles. The Labute approximate surface area is 140 Å². The van der Waals surface area contributed by atoms with Crippen molar-refractivity contribution in [1.29, 1.82) is 0 Å². The lowest BCUT2D eigenvalue weighted by molar-refractivity contribution is 0.0924. The minimum Gasteiger partial charge on any atom is -0.468 e. The lowest BCUT2D eigenvalue weighted by Crippen LogP contribution is -2.38. The molecule has 0 aliphatic heterocycles. The minimum absolute atomic E-state index is 0.0148. The number of ether oxygens (including phenoxy) is 1. The average Bonchev–Trinajstić information content (AvgIpc) is 3.23. The van der Waals surface area contributed by atoms with Gasteiger partial charge in [0.15, 0.2) is 0 Å². The molecule has 2 rings (SSSR count). The molecule has 6 nitrogen and oxygen atoms in total. The molecular formula is C16H23N3O3S. The van der Waals surface area contributed by atoms with Gasteiger partial charge in [-0.2, -0.15) is 0 Å². The fourth-order valence-corrected chi connectivity index (χ4v) is 3.18. The summed E-state index contributed by atoms with van der Waals surface area (Å²) in [6, 6.07) is 3.82. The Morgan fingerprint density at radius 3 is 2.87 bits per heavy atom. The molecule has 0 saturated heterocycles. The maximum absolute atomic E-state index is 12.3. The summed E-state index contributed by atoms with van der Waals surface area (Å²) in [6.45, 7) is 6.86. The van der Waals surface area contributed by atoms with Gasteiger partial charge < -0.3 is 14.5 Å². The number of hydrogen-bond donors (Lipinski definition) is 1. The van der Waals surface area contributed by atoms with E-state index in [9.17, 15) is 4.79 Å². The largest absolute Gasteiger partial charge is 0.468 e. The Kier molecular flexibility index (Phi) is 6.76. The molecule has 0 aliphatic carbocycles. The van der Waals surface area contributed by atoms with E-state index >= 15 is 0 Å². The Morgan fingerprint density at radius 2 is 2.26 bits per heavy atom. The predicted octanol–water partition coefficient (Wildman–Crippen LogP) is 2.70. The third-order valence-corrected chi connectivity index (χ3v) is 4.46. The van der Waals surface area contributed by atoms with Crippen LogP contribution in [-0.4, -0.2) is 42.5 Å². The number of hydrogen-bond acceptors (Lipinski definition) is 6. The number of methoxy groups -OCH3 is 1. The van der Waals surface area contributed by atoms with Gasteiger partial charge in [0, 0.05) is 19.0 Å². The highest BCUT2D eigenvalue weighted by atomic mass is 32.1. The maximum Gasteiger partial charge on any atom is 0.270 e. The van der Waals surface area contributed by atoms with Crippen LogP contribution in [-0.2, 0) is 11.3 Å². The normalized spacial score (nSPS) is 12.5. The van der Waals surface area contributed by atoms with Crippen LogP contribution in [0.15, 0.2) is 28.2 Å². The Morgan fingerprint density at radius 1 is 1.48 bits per heavy atom. The van der Waals surface area contributed by atoms with Crippen LogP contribution in [0.3, 0.4) is 0 Å². The molecule has 7 heteroatoms. The Hall–Kier alpha value is -1.70. The molecule has 23 heavy (non-hydrogen) atoms. The number of carbonyl (C=O) groups excluding carboxylic acids is 1. The summed E-state index contributed by atoms with van der Waals surface area (Å²) >= 11 is 1.42. The smallest absolute Gasteiger partial charge is 0.270 e. The molecular weight excluding hydrogens is 314 g/mol. The lowest BCUT2D eigenvalue weighted by atomic mass is 10.2. The number of nitrogens with one attached hydrogen (secondary N) is 1. The predicted molar refractivity (Wildman–Crippen MR) is 89.5 cm³/mol. The van der Waals surface area contributed by atoms with E-state index in [-0.39, 0.29) is 11.9 Å². The van der Waals surface area contributed by atoms with E-state index in [0.29, 0.717) is 18.8 Å². The molecule has 0 unspecified atom stereocenters. The number of amides is 1. The highest BCUT2D eigenvalue weighted by molar-refractivity contribution is 7.09. The van der Waals surface area contributed by atoms with Crippen molar-refractivity contribution >= 4 is 17.2 Å². The highest BCUT2D eigenvalue weighted by Crippen LogP contribution is 2.20. The van der Waals surface area contributed by atoms with Gasteiger partial charge in [-0.15, -0.1) is 11.3 Å². The first-order chi connectivity index (χ1) is 11.2. The molecule has 0 aliphatic rings. The summed E-state index contributed by atoms with van der Waals surface area (Å²) in [5, 5.41) is 5.50. The van der Waals surface area contributed by atoms with Crippen LogP contribution in [0.5, 0.6) is 0 Å². The van der Waals surface area contributed by atoms with Crippen LogP contribution in [0, 0.1) is 0 Å². The topological polar surface area (TPSA) is 67.6 Å². The standard InChI is InChI=1S/C16H23N3O3S/c1-4-19(5-2)13(14-7-6-8-22-14)9-17-16(20)12-11-23-15(18-12)10-21-3/h6-8,11,13H,4-5,9-10H2,1-3H3,(H,17,20)/t13-/m0/s1. The zero-order valence-electron chi connectivity index (χ0n) is 13.7. The van der Waals surface area contributed by atoms with Crippen LogP contribution >= 0.6 is 11.3 Å². The van der Waals surface area contributed by atoms with E-state index < -0.39 is 0 Å². The van der Waals surface area contributed by atoms with E-state index in [1.54, 1.807) is 18.8 Å². The molecule has 1 amide bonds. The van der Waals surface area contributed by atoms with Crippen molar-refractivity contribution in [2.24, 2.45) is 0 Å². The van der Waals surface area contributed by atoms with Crippen LogP contribution in [0.2, 0.25) is 0 Å². The minimum atomic E-state index is -0.174. The number of nitrogens with zero attached hydrogens (tertiary/aromatic N) is 2. The van der Waals surface area contributed by atoms with Crippen molar-refractivity contribution in [3.8, 4) is 0 Å². The zero-order chi connectivity index (χ0) is 16.7. The number of likely N-dealkylation sites (N-methyl/N-ethyl adjacent to an activating group) is 1. The summed E-state index contributed by atoms with van der Waals surface area (Å²) in [5.41, 5.74) is 0.430. The van der Waals surface area contributed by atoms with Crippen LogP contribution < -0.4 is 5.32 Å². The lowest BCUT2D eigenvalue weighted by Gasteiger charge is -2.28. The number of thiazole rings is 1. The summed E-state index contributed by atoms with van der Waals surface area (Å²) in [4.78, 5) is 18.8. The van der Waals surface area contributed by atoms with Gasteiger partial charge in [0.2, 0.25) is 0 Å².